The van der Waals surface area contributed by atoms with Gasteiger partial charge in [0.25, 0.3) is 0 Å². The molecule has 0 bridgehead atoms. The highest BCUT2D eigenvalue weighted by atomic mass is 16.3. The second-order valence-electron chi connectivity index (χ2n) is 5.93. The van der Waals surface area contributed by atoms with Crippen molar-refractivity contribution in [1.29, 1.82) is 0 Å². The van der Waals surface area contributed by atoms with E-state index in [1.165, 1.54) is 0 Å². The van der Waals surface area contributed by atoms with Gasteiger partial charge in [-0.25, -0.2) is 4.98 Å². The number of phenols is 1. The van der Waals surface area contributed by atoms with Crippen LogP contribution in [0.3, 0.4) is 0 Å². The SMILES string of the molecule is Oc1ccc2c(c1)cn1c3ccccc3nc(-c3ccccc3)c21. The molecule has 0 aliphatic rings. The van der Waals surface area contributed by atoms with Crippen molar-refractivity contribution in [3.05, 3.63) is 79.0 Å². The van der Waals surface area contributed by atoms with Crippen molar-refractivity contribution < 1.29 is 5.11 Å². The van der Waals surface area contributed by atoms with Gasteiger partial charge in [-0.05, 0) is 30.3 Å². The zero-order valence-corrected chi connectivity index (χ0v) is 12.8. The fraction of sp³-hybridized carbons (Fsp3) is 0. The van der Waals surface area contributed by atoms with Crippen molar-refractivity contribution in [3.63, 3.8) is 0 Å². The number of para-hydroxylation sites is 2. The molecule has 3 heteroatoms. The van der Waals surface area contributed by atoms with Crippen LogP contribution in [0.1, 0.15) is 0 Å². The van der Waals surface area contributed by atoms with Crippen LogP contribution in [0.5, 0.6) is 5.75 Å². The smallest absolute Gasteiger partial charge is 0.116 e. The molecule has 0 saturated heterocycles. The lowest BCUT2D eigenvalue weighted by atomic mass is 10.1. The second kappa shape index (κ2) is 4.83. The number of rotatable bonds is 1. The molecule has 114 valence electrons. The maximum atomic E-state index is 9.83. The molecule has 2 heterocycles. The molecule has 0 aliphatic carbocycles. The Bertz CT molecular complexity index is 1210. The number of fused-ring (bicyclic) bond motifs is 5. The van der Waals surface area contributed by atoms with Gasteiger partial charge in [-0.15, -0.1) is 0 Å². The first-order valence-corrected chi connectivity index (χ1v) is 7.89. The quantitative estimate of drug-likeness (QED) is 0.472. The van der Waals surface area contributed by atoms with Crippen molar-refractivity contribution >= 4 is 27.3 Å². The topological polar surface area (TPSA) is 37.5 Å². The largest absolute Gasteiger partial charge is 0.508 e. The summed E-state index contributed by atoms with van der Waals surface area (Å²) in [5.74, 6) is 0.275. The Labute approximate surface area is 138 Å². The zero-order chi connectivity index (χ0) is 16.1. The Morgan fingerprint density at radius 2 is 1.62 bits per heavy atom. The molecule has 0 fully saturated rings. The highest BCUT2D eigenvalue weighted by molar-refractivity contribution is 6.06. The Morgan fingerprint density at radius 3 is 2.50 bits per heavy atom. The molecule has 5 rings (SSSR count). The Hall–Kier alpha value is -3.33. The Balaban J connectivity index is 2.04. The summed E-state index contributed by atoms with van der Waals surface area (Å²) in [5, 5.41) is 11.9. The van der Waals surface area contributed by atoms with E-state index in [0.29, 0.717) is 0 Å². The van der Waals surface area contributed by atoms with Gasteiger partial charge in [-0.3, -0.25) is 0 Å². The number of aromatic nitrogens is 2. The third-order valence-electron chi connectivity index (χ3n) is 4.44. The number of hydrogen-bond donors (Lipinski definition) is 1. The van der Waals surface area contributed by atoms with Gasteiger partial charge >= 0.3 is 0 Å². The van der Waals surface area contributed by atoms with Gasteiger partial charge < -0.3 is 9.51 Å². The maximum Gasteiger partial charge on any atom is 0.116 e. The summed E-state index contributed by atoms with van der Waals surface area (Å²) in [6, 6.07) is 23.8. The number of benzene rings is 3. The highest BCUT2D eigenvalue weighted by Gasteiger charge is 2.14. The third kappa shape index (κ3) is 1.82. The minimum atomic E-state index is 0.275. The molecular formula is C21H14N2O. The van der Waals surface area contributed by atoms with Crippen LogP contribution in [-0.2, 0) is 0 Å². The van der Waals surface area contributed by atoms with Gasteiger partial charge in [0.2, 0.25) is 0 Å². The van der Waals surface area contributed by atoms with E-state index >= 15 is 0 Å². The summed E-state index contributed by atoms with van der Waals surface area (Å²) >= 11 is 0. The highest BCUT2D eigenvalue weighted by Crippen LogP contribution is 2.34. The molecule has 5 aromatic rings. The number of phenolic OH excluding ortho intramolecular Hbond substituents is 1. The molecule has 0 spiro atoms. The monoisotopic (exact) mass is 310 g/mol. The summed E-state index contributed by atoms with van der Waals surface area (Å²) in [7, 11) is 0. The summed E-state index contributed by atoms with van der Waals surface area (Å²) < 4.78 is 2.18. The summed E-state index contributed by atoms with van der Waals surface area (Å²) in [6.07, 6.45) is 2.07. The number of nitrogens with zero attached hydrogens (tertiary/aromatic N) is 2. The molecule has 3 aromatic carbocycles. The van der Waals surface area contributed by atoms with Crippen LogP contribution in [0.25, 0.3) is 38.6 Å². The maximum absolute atomic E-state index is 9.83. The van der Waals surface area contributed by atoms with Crippen molar-refractivity contribution in [2.45, 2.75) is 0 Å². The molecule has 0 unspecified atom stereocenters. The first-order valence-electron chi connectivity index (χ1n) is 7.89. The fourth-order valence-corrected chi connectivity index (χ4v) is 3.37. The minimum Gasteiger partial charge on any atom is -0.508 e. The molecule has 0 saturated carbocycles. The van der Waals surface area contributed by atoms with Gasteiger partial charge in [-0.1, -0.05) is 42.5 Å². The second-order valence-corrected chi connectivity index (χ2v) is 5.93. The van der Waals surface area contributed by atoms with Gasteiger partial charge in [0.1, 0.15) is 5.75 Å². The minimum absolute atomic E-state index is 0.275. The number of aromatic hydroxyl groups is 1. The molecule has 2 aromatic heterocycles. The predicted octanol–water partition coefficient (Wildman–Crippen LogP) is 5.01. The van der Waals surface area contributed by atoms with E-state index in [4.69, 9.17) is 4.98 Å². The Morgan fingerprint density at radius 1 is 0.833 bits per heavy atom. The van der Waals surface area contributed by atoms with E-state index in [-0.39, 0.29) is 5.75 Å². The fourth-order valence-electron chi connectivity index (χ4n) is 3.37. The molecule has 3 nitrogen and oxygen atoms in total. The van der Waals surface area contributed by atoms with E-state index in [1.54, 1.807) is 12.1 Å². The van der Waals surface area contributed by atoms with E-state index in [9.17, 15) is 5.11 Å². The first kappa shape index (κ1) is 13.1. The summed E-state index contributed by atoms with van der Waals surface area (Å²) in [4.78, 5) is 4.94. The van der Waals surface area contributed by atoms with Crippen molar-refractivity contribution in [3.8, 4) is 17.0 Å². The van der Waals surface area contributed by atoms with E-state index in [0.717, 1.165) is 38.6 Å². The van der Waals surface area contributed by atoms with E-state index in [1.807, 2.05) is 42.5 Å². The lowest BCUT2D eigenvalue weighted by molar-refractivity contribution is 0.476. The van der Waals surface area contributed by atoms with Crippen molar-refractivity contribution in [1.82, 2.24) is 9.38 Å². The molecule has 0 radical (unpaired) electrons. The van der Waals surface area contributed by atoms with Crippen molar-refractivity contribution in [2.75, 3.05) is 0 Å². The average molecular weight is 310 g/mol. The van der Waals surface area contributed by atoms with Crippen LogP contribution in [-0.4, -0.2) is 14.5 Å². The van der Waals surface area contributed by atoms with Crippen LogP contribution in [0.4, 0.5) is 0 Å². The predicted molar refractivity (Wildman–Crippen MR) is 97.3 cm³/mol. The van der Waals surface area contributed by atoms with Crippen molar-refractivity contribution in [2.24, 2.45) is 0 Å². The molecule has 0 amide bonds. The summed E-state index contributed by atoms with van der Waals surface area (Å²) in [5.41, 5.74) is 5.11. The molecular weight excluding hydrogens is 296 g/mol. The van der Waals surface area contributed by atoms with Crippen LogP contribution >= 0.6 is 0 Å². The molecule has 24 heavy (non-hydrogen) atoms. The van der Waals surface area contributed by atoms with E-state index in [2.05, 4.69) is 28.8 Å². The number of hydrogen-bond acceptors (Lipinski definition) is 2. The molecule has 1 N–H and O–H groups in total. The third-order valence-corrected chi connectivity index (χ3v) is 4.44. The normalized spacial score (nSPS) is 11.5. The van der Waals surface area contributed by atoms with Crippen LogP contribution in [0.2, 0.25) is 0 Å². The van der Waals surface area contributed by atoms with Gasteiger partial charge in [0, 0.05) is 22.5 Å². The lowest BCUT2D eigenvalue weighted by Gasteiger charge is -2.09. The zero-order valence-electron chi connectivity index (χ0n) is 12.8. The van der Waals surface area contributed by atoms with Crippen LogP contribution in [0.15, 0.2) is 79.0 Å². The van der Waals surface area contributed by atoms with Gasteiger partial charge in [0.15, 0.2) is 0 Å². The first-order chi connectivity index (χ1) is 11.8. The standard InChI is InChI=1S/C21H14N2O/c24-16-10-11-17-15(12-16)13-23-19-9-5-4-8-18(19)22-20(21(17)23)14-6-2-1-3-7-14/h1-13,24H. The lowest BCUT2D eigenvalue weighted by Crippen LogP contribution is -1.94. The van der Waals surface area contributed by atoms with Crippen LogP contribution in [0, 0.1) is 0 Å². The van der Waals surface area contributed by atoms with Crippen LogP contribution < -0.4 is 0 Å². The molecule has 0 aliphatic heterocycles. The van der Waals surface area contributed by atoms with Gasteiger partial charge in [-0.2, -0.15) is 0 Å². The van der Waals surface area contributed by atoms with E-state index < -0.39 is 0 Å². The Kier molecular flexibility index (Phi) is 2.65. The summed E-state index contributed by atoms with van der Waals surface area (Å²) in [6.45, 7) is 0. The van der Waals surface area contributed by atoms with Gasteiger partial charge in [0.05, 0.1) is 22.2 Å². The molecule has 0 atom stereocenters. The average Bonchev–Trinajstić information content (AvgIpc) is 3.00.